The molecule has 0 saturated carbocycles. The third-order valence-corrected chi connectivity index (χ3v) is 4.55. The van der Waals surface area contributed by atoms with Crippen molar-refractivity contribution >= 4 is 33.5 Å². The average Bonchev–Trinajstić information content (AvgIpc) is 2.78. The van der Waals surface area contributed by atoms with E-state index in [1.807, 2.05) is 49.4 Å². The summed E-state index contributed by atoms with van der Waals surface area (Å²) in [6.45, 7) is 8.77. The lowest BCUT2D eigenvalue weighted by atomic mass is 9.97. The van der Waals surface area contributed by atoms with Gasteiger partial charge in [-0.1, -0.05) is 67.8 Å². The number of rotatable bonds is 10. The Balaban J connectivity index is 2.06. The van der Waals surface area contributed by atoms with E-state index in [1.165, 1.54) is 12.2 Å². The van der Waals surface area contributed by atoms with E-state index >= 15 is 0 Å². The highest BCUT2D eigenvalue weighted by molar-refractivity contribution is 6.12. The van der Waals surface area contributed by atoms with Crippen molar-refractivity contribution in [3.05, 3.63) is 73.3 Å². The summed E-state index contributed by atoms with van der Waals surface area (Å²) in [4.78, 5) is 24.0. The van der Waals surface area contributed by atoms with Crippen molar-refractivity contribution in [1.82, 2.24) is 0 Å². The van der Waals surface area contributed by atoms with E-state index in [-0.39, 0.29) is 26.4 Å². The number of fused-ring (bicyclic) bond motifs is 2. The Labute approximate surface area is 180 Å². The Morgan fingerprint density at radius 3 is 1.87 bits per heavy atom. The summed E-state index contributed by atoms with van der Waals surface area (Å²) in [5.41, 5.74) is 0.941. The Hall–Kier alpha value is -3.80. The molecule has 0 saturated heterocycles. The highest BCUT2D eigenvalue weighted by Crippen LogP contribution is 2.44. The second-order valence-electron chi connectivity index (χ2n) is 6.72. The van der Waals surface area contributed by atoms with Gasteiger partial charge in [0.15, 0.2) is 13.2 Å². The van der Waals surface area contributed by atoms with Crippen molar-refractivity contribution in [2.75, 3.05) is 26.4 Å². The molecule has 0 bridgehead atoms. The fraction of sp³-hybridized carbons (Fsp3) is 0.200. The lowest BCUT2D eigenvalue weighted by Gasteiger charge is -2.18. The monoisotopic (exact) mass is 420 g/mol. The summed E-state index contributed by atoms with van der Waals surface area (Å²) in [6.07, 6.45) is 3.00. The van der Waals surface area contributed by atoms with Crippen molar-refractivity contribution in [2.45, 2.75) is 6.92 Å². The van der Waals surface area contributed by atoms with E-state index in [4.69, 9.17) is 18.9 Å². The predicted octanol–water partition coefficient (Wildman–Crippen LogP) is 4.52. The van der Waals surface area contributed by atoms with Gasteiger partial charge in [0.25, 0.3) is 0 Å². The minimum atomic E-state index is -0.491. The topological polar surface area (TPSA) is 71.1 Å². The van der Waals surface area contributed by atoms with Crippen LogP contribution in [0.25, 0.3) is 21.5 Å². The second kappa shape index (κ2) is 10.3. The fourth-order valence-electron chi connectivity index (χ4n) is 3.27. The Morgan fingerprint density at radius 1 is 0.774 bits per heavy atom. The van der Waals surface area contributed by atoms with Gasteiger partial charge >= 0.3 is 11.9 Å². The maximum absolute atomic E-state index is 12.0. The fourth-order valence-corrected chi connectivity index (χ4v) is 3.27. The maximum Gasteiger partial charge on any atom is 0.344 e. The van der Waals surface area contributed by atoms with Crippen LogP contribution in [-0.4, -0.2) is 38.4 Å². The van der Waals surface area contributed by atoms with Gasteiger partial charge in [0.1, 0.15) is 24.7 Å². The van der Waals surface area contributed by atoms with Crippen molar-refractivity contribution in [1.29, 1.82) is 0 Å². The molecule has 3 aromatic rings. The van der Waals surface area contributed by atoms with Crippen molar-refractivity contribution in [3.63, 3.8) is 0 Å². The zero-order chi connectivity index (χ0) is 22.2. The number of aryl methyl sites for hydroxylation is 1. The van der Waals surface area contributed by atoms with E-state index in [1.54, 1.807) is 0 Å². The minimum absolute atomic E-state index is 0.122. The van der Waals surface area contributed by atoms with Gasteiger partial charge < -0.3 is 18.9 Å². The molecule has 6 heteroatoms. The summed E-state index contributed by atoms with van der Waals surface area (Å²) in [6, 6.07) is 13.2. The van der Waals surface area contributed by atoms with Crippen LogP contribution < -0.4 is 9.47 Å². The molecule has 0 N–H and O–H groups in total. The normalized spacial score (nSPS) is 10.5. The smallest absolute Gasteiger partial charge is 0.344 e. The molecule has 0 aliphatic rings. The van der Waals surface area contributed by atoms with Gasteiger partial charge in [-0.15, -0.1) is 0 Å². The molecule has 3 rings (SSSR count). The molecule has 0 radical (unpaired) electrons. The molecule has 0 spiro atoms. The van der Waals surface area contributed by atoms with Crippen LogP contribution in [0.5, 0.6) is 11.5 Å². The van der Waals surface area contributed by atoms with Crippen LogP contribution in [0.1, 0.15) is 5.56 Å². The van der Waals surface area contributed by atoms with Crippen LogP contribution in [0.2, 0.25) is 0 Å². The van der Waals surface area contributed by atoms with Gasteiger partial charge in [-0.25, -0.2) is 9.59 Å². The highest BCUT2D eigenvalue weighted by atomic mass is 16.6. The van der Waals surface area contributed by atoms with Gasteiger partial charge in [-0.05, 0) is 12.5 Å². The van der Waals surface area contributed by atoms with E-state index in [0.717, 1.165) is 27.1 Å². The first kappa shape index (κ1) is 21.9. The molecule has 0 heterocycles. The molecular formula is C25H24O6. The first-order valence-corrected chi connectivity index (χ1v) is 9.79. The van der Waals surface area contributed by atoms with Crippen molar-refractivity contribution < 1.29 is 28.5 Å². The van der Waals surface area contributed by atoms with E-state index < -0.39 is 11.9 Å². The number of hydrogen-bond acceptors (Lipinski definition) is 6. The molecule has 0 aliphatic carbocycles. The number of carbonyl (C=O) groups excluding carboxylic acids is 2. The Morgan fingerprint density at radius 2 is 1.29 bits per heavy atom. The summed E-state index contributed by atoms with van der Waals surface area (Å²) in [5.74, 6) is 0.123. The van der Waals surface area contributed by atoms with E-state index in [0.29, 0.717) is 11.5 Å². The largest absolute Gasteiger partial charge is 0.481 e. The Bertz CT molecular complexity index is 1130. The van der Waals surface area contributed by atoms with Crippen LogP contribution in [-0.2, 0) is 19.1 Å². The zero-order valence-electron chi connectivity index (χ0n) is 17.4. The van der Waals surface area contributed by atoms with E-state index in [2.05, 4.69) is 13.2 Å². The molecule has 3 aromatic carbocycles. The molecule has 0 unspecified atom stereocenters. The summed E-state index contributed by atoms with van der Waals surface area (Å²) in [7, 11) is 0. The predicted molar refractivity (Wildman–Crippen MR) is 119 cm³/mol. The third-order valence-electron chi connectivity index (χ3n) is 4.55. The number of hydrogen-bond donors (Lipinski definition) is 0. The van der Waals surface area contributed by atoms with Crippen molar-refractivity contribution in [2.24, 2.45) is 0 Å². The molecule has 0 amide bonds. The second-order valence-corrected chi connectivity index (χ2v) is 6.72. The average molecular weight is 420 g/mol. The van der Waals surface area contributed by atoms with Crippen LogP contribution in [0, 0.1) is 6.92 Å². The van der Waals surface area contributed by atoms with Gasteiger partial charge in [0, 0.05) is 21.5 Å². The van der Waals surface area contributed by atoms with Crippen LogP contribution in [0.4, 0.5) is 0 Å². The first-order valence-electron chi connectivity index (χ1n) is 9.79. The third kappa shape index (κ3) is 5.04. The highest BCUT2D eigenvalue weighted by Gasteiger charge is 2.19. The van der Waals surface area contributed by atoms with Crippen LogP contribution in [0.3, 0.4) is 0 Å². The summed E-state index contributed by atoms with van der Waals surface area (Å²) < 4.78 is 21.9. The van der Waals surface area contributed by atoms with Crippen molar-refractivity contribution in [3.8, 4) is 11.5 Å². The number of benzene rings is 3. The lowest BCUT2D eigenvalue weighted by molar-refractivity contribution is -0.145. The molecule has 0 aromatic heterocycles. The van der Waals surface area contributed by atoms with E-state index in [9.17, 15) is 9.59 Å². The quantitative estimate of drug-likeness (QED) is 0.273. The SMILES string of the molecule is C=CCOC(=O)COc1c2ccccc2c(OCC(=O)OCC=C)c2c(C)cccc12. The zero-order valence-corrected chi connectivity index (χ0v) is 17.4. The molecule has 0 atom stereocenters. The number of carbonyl (C=O) groups is 2. The molecule has 31 heavy (non-hydrogen) atoms. The molecule has 6 nitrogen and oxygen atoms in total. The first-order chi connectivity index (χ1) is 15.1. The number of ether oxygens (including phenoxy) is 4. The molecular weight excluding hydrogens is 396 g/mol. The van der Waals surface area contributed by atoms with Gasteiger partial charge in [-0.3, -0.25) is 0 Å². The standard InChI is InChI=1S/C25H24O6/c1-4-13-28-21(26)15-30-24-18-10-6-7-11-19(18)25(31-16-22(27)29-14-5-2)23-17(3)9-8-12-20(23)24/h4-12H,1-2,13-16H2,3H3. The molecule has 160 valence electrons. The summed E-state index contributed by atoms with van der Waals surface area (Å²) in [5, 5.41) is 3.08. The van der Waals surface area contributed by atoms with Gasteiger partial charge in [-0.2, -0.15) is 0 Å². The van der Waals surface area contributed by atoms with Crippen LogP contribution >= 0.6 is 0 Å². The molecule has 0 aliphatic heterocycles. The summed E-state index contributed by atoms with van der Waals surface area (Å²) >= 11 is 0. The van der Waals surface area contributed by atoms with Crippen LogP contribution in [0.15, 0.2) is 67.8 Å². The number of esters is 2. The Kier molecular flexibility index (Phi) is 7.27. The van der Waals surface area contributed by atoms with Gasteiger partial charge in [0.2, 0.25) is 0 Å². The van der Waals surface area contributed by atoms with Gasteiger partial charge in [0.05, 0.1) is 0 Å². The lowest BCUT2D eigenvalue weighted by Crippen LogP contribution is -2.16. The minimum Gasteiger partial charge on any atom is -0.481 e. The maximum atomic E-state index is 12.0. The molecule has 0 fully saturated rings.